The van der Waals surface area contributed by atoms with Crippen LogP contribution in [-0.4, -0.2) is 21.7 Å². The molecule has 2 aliphatic carbocycles. The van der Waals surface area contributed by atoms with Crippen molar-refractivity contribution < 1.29 is 9.18 Å². The summed E-state index contributed by atoms with van der Waals surface area (Å²) < 4.78 is 15.1. The molecule has 0 unspecified atom stereocenters. The first-order chi connectivity index (χ1) is 12.2. The molecule has 1 fully saturated rings. The molecule has 0 saturated heterocycles. The third kappa shape index (κ3) is 3.32. The summed E-state index contributed by atoms with van der Waals surface area (Å²) in [6.07, 6.45) is 9.66. The molecule has 132 valence electrons. The molecule has 2 aliphatic rings. The molecule has 25 heavy (non-hydrogen) atoms. The van der Waals surface area contributed by atoms with Crippen molar-refractivity contribution in [2.45, 2.75) is 63.8 Å². The zero-order valence-corrected chi connectivity index (χ0v) is 14.4. The van der Waals surface area contributed by atoms with Gasteiger partial charge in [0.2, 0.25) is 0 Å². The Bertz CT molecular complexity index is 760. The number of amides is 1. The number of benzene rings is 1. The summed E-state index contributed by atoms with van der Waals surface area (Å²) in [5, 5.41) is 7.82. The first-order valence-electron chi connectivity index (χ1n) is 9.40. The van der Waals surface area contributed by atoms with Gasteiger partial charge in [0.05, 0.1) is 5.69 Å². The lowest BCUT2D eigenvalue weighted by Gasteiger charge is -2.11. The Morgan fingerprint density at radius 3 is 2.52 bits per heavy atom. The summed E-state index contributed by atoms with van der Waals surface area (Å²) in [6.45, 7) is 0. The minimum absolute atomic E-state index is 0.0501. The van der Waals surface area contributed by atoms with Crippen molar-refractivity contribution in [1.82, 2.24) is 15.1 Å². The fourth-order valence-electron chi connectivity index (χ4n) is 4.08. The highest BCUT2D eigenvalue weighted by molar-refractivity contribution is 5.94. The monoisotopic (exact) mass is 341 g/mol. The molecule has 0 radical (unpaired) electrons. The van der Waals surface area contributed by atoms with E-state index >= 15 is 0 Å². The summed E-state index contributed by atoms with van der Waals surface area (Å²) in [5.74, 6) is -0.313. The number of hydrogen-bond donors (Lipinski definition) is 1. The molecule has 1 N–H and O–H groups in total. The Morgan fingerprint density at radius 2 is 1.76 bits per heavy atom. The summed E-state index contributed by atoms with van der Waals surface area (Å²) >= 11 is 0. The van der Waals surface area contributed by atoms with Crippen LogP contribution in [0.4, 0.5) is 4.39 Å². The molecule has 1 amide bonds. The van der Waals surface area contributed by atoms with Gasteiger partial charge in [0.1, 0.15) is 5.82 Å². The van der Waals surface area contributed by atoms with Gasteiger partial charge in [-0.3, -0.25) is 4.79 Å². The maximum atomic E-state index is 13.3. The van der Waals surface area contributed by atoms with Gasteiger partial charge in [0, 0.05) is 17.3 Å². The standard InChI is InChI=1S/C20H24FN3O/c21-14-10-12-16(13-11-14)24-18-9-3-1-2-8-17(18)19(23-24)20(25)22-15-6-4-5-7-15/h10-13,15H,1-9H2,(H,22,25). The van der Waals surface area contributed by atoms with Crippen molar-refractivity contribution in [3.05, 3.63) is 47.0 Å². The van der Waals surface area contributed by atoms with Gasteiger partial charge in [0.25, 0.3) is 5.91 Å². The number of carbonyl (C=O) groups is 1. The van der Waals surface area contributed by atoms with E-state index < -0.39 is 0 Å². The van der Waals surface area contributed by atoms with Gasteiger partial charge >= 0.3 is 0 Å². The summed E-state index contributed by atoms with van der Waals surface area (Å²) in [6, 6.07) is 6.62. The summed E-state index contributed by atoms with van der Waals surface area (Å²) in [4.78, 5) is 12.8. The Kier molecular flexibility index (Phi) is 4.55. The van der Waals surface area contributed by atoms with Gasteiger partial charge in [-0.05, 0) is 62.8 Å². The number of carbonyl (C=O) groups excluding carboxylic acids is 1. The molecule has 4 nitrogen and oxygen atoms in total. The lowest BCUT2D eigenvalue weighted by Crippen LogP contribution is -2.33. The molecule has 1 aromatic carbocycles. The van der Waals surface area contributed by atoms with Crippen LogP contribution < -0.4 is 5.32 Å². The van der Waals surface area contributed by atoms with E-state index in [1.165, 1.54) is 31.4 Å². The predicted molar refractivity (Wildman–Crippen MR) is 94.5 cm³/mol. The topological polar surface area (TPSA) is 46.9 Å². The number of fused-ring (bicyclic) bond motifs is 1. The van der Waals surface area contributed by atoms with E-state index in [1.807, 2.05) is 4.68 Å². The average Bonchev–Trinajstić information content (AvgIpc) is 3.17. The minimum Gasteiger partial charge on any atom is -0.348 e. The Labute approximate surface area is 147 Å². The normalized spacial score (nSPS) is 18.0. The zero-order chi connectivity index (χ0) is 17.2. The Hall–Kier alpha value is -2.17. The number of nitrogens with zero attached hydrogens (tertiary/aromatic N) is 2. The van der Waals surface area contributed by atoms with E-state index in [1.54, 1.807) is 12.1 Å². The van der Waals surface area contributed by atoms with Crippen molar-refractivity contribution >= 4 is 5.91 Å². The van der Waals surface area contributed by atoms with E-state index in [0.717, 1.165) is 55.5 Å². The van der Waals surface area contributed by atoms with Crippen LogP contribution in [0.3, 0.4) is 0 Å². The zero-order valence-electron chi connectivity index (χ0n) is 14.4. The van der Waals surface area contributed by atoms with E-state index in [-0.39, 0.29) is 17.8 Å². The number of halogens is 1. The predicted octanol–water partition coefficient (Wildman–Crippen LogP) is 3.95. The second kappa shape index (κ2) is 6.98. The molecule has 1 saturated carbocycles. The molecule has 5 heteroatoms. The van der Waals surface area contributed by atoms with Crippen molar-refractivity contribution in [3.63, 3.8) is 0 Å². The maximum Gasteiger partial charge on any atom is 0.272 e. The van der Waals surface area contributed by atoms with Crippen LogP contribution in [0.5, 0.6) is 0 Å². The van der Waals surface area contributed by atoms with Gasteiger partial charge in [-0.2, -0.15) is 5.10 Å². The Balaban J connectivity index is 1.71. The average molecular weight is 341 g/mol. The highest BCUT2D eigenvalue weighted by atomic mass is 19.1. The molecule has 0 spiro atoms. The molecule has 1 heterocycles. The first-order valence-corrected chi connectivity index (χ1v) is 9.40. The molecule has 4 rings (SSSR count). The van der Waals surface area contributed by atoms with Gasteiger partial charge in [0.15, 0.2) is 5.69 Å². The highest BCUT2D eigenvalue weighted by Gasteiger charge is 2.26. The number of nitrogens with one attached hydrogen (secondary N) is 1. The third-order valence-corrected chi connectivity index (χ3v) is 5.41. The van der Waals surface area contributed by atoms with Crippen LogP contribution in [0.25, 0.3) is 5.69 Å². The number of hydrogen-bond acceptors (Lipinski definition) is 2. The smallest absolute Gasteiger partial charge is 0.272 e. The largest absolute Gasteiger partial charge is 0.348 e. The second-order valence-corrected chi connectivity index (χ2v) is 7.18. The molecular weight excluding hydrogens is 317 g/mol. The third-order valence-electron chi connectivity index (χ3n) is 5.41. The van der Waals surface area contributed by atoms with Gasteiger partial charge in [-0.1, -0.05) is 19.3 Å². The quantitative estimate of drug-likeness (QED) is 0.859. The lowest BCUT2D eigenvalue weighted by atomic mass is 10.1. The fourth-order valence-corrected chi connectivity index (χ4v) is 4.08. The van der Waals surface area contributed by atoms with Crippen molar-refractivity contribution in [2.24, 2.45) is 0 Å². The van der Waals surface area contributed by atoms with Crippen LogP contribution in [0, 0.1) is 5.82 Å². The number of aromatic nitrogens is 2. The molecule has 0 bridgehead atoms. The lowest BCUT2D eigenvalue weighted by molar-refractivity contribution is 0.0931. The number of rotatable bonds is 3. The summed E-state index contributed by atoms with van der Waals surface area (Å²) in [5.41, 5.74) is 3.57. The Morgan fingerprint density at radius 1 is 1.04 bits per heavy atom. The first kappa shape index (κ1) is 16.3. The molecule has 0 atom stereocenters. The fraction of sp³-hybridized carbons (Fsp3) is 0.500. The van der Waals surface area contributed by atoms with E-state index in [0.29, 0.717) is 5.69 Å². The maximum absolute atomic E-state index is 13.3. The molecular formula is C20H24FN3O. The SMILES string of the molecule is O=C(NC1CCCC1)c1nn(-c2ccc(F)cc2)c2c1CCCCC2. The highest BCUT2D eigenvalue weighted by Crippen LogP contribution is 2.27. The van der Waals surface area contributed by atoms with Crippen molar-refractivity contribution in [2.75, 3.05) is 0 Å². The second-order valence-electron chi connectivity index (χ2n) is 7.18. The van der Waals surface area contributed by atoms with Crippen molar-refractivity contribution in [1.29, 1.82) is 0 Å². The molecule has 2 aromatic rings. The van der Waals surface area contributed by atoms with Crippen LogP contribution in [0.1, 0.15) is 66.7 Å². The van der Waals surface area contributed by atoms with Gasteiger partial charge < -0.3 is 5.32 Å². The minimum atomic E-state index is -0.263. The molecule has 0 aliphatic heterocycles. The van der Waals surface area contributed by atoms with E-state index in [4.69, 9.17) is 0 Å². The van der Waals surface area contributed by atoms with E-state index in [2.05, 4.69) is 10.4 Å². The van der Waals surface area contributed by atoms with Crippen LogP contribution in [0.2, 0.25) is 0 Å². The van der Waals surface area contributed by atoms with Crippen molar-refractivity contribution in [3.8, 4) is 5.69 Å². The van der Waals surface area contributed by atoms with Gasteiger partial charge in [-0.25, -0.2) is 9.07 Å². The van der Waals surface area contributed by atoms with Gasteiger partial charge in [-0.15, -0.1) is 0 Å². The van der Waals surface area contributed by atoms with Crippen LogP contribution in [-0.2, 0) is 12.8 Å². The van der Waals surface area contributed by atoms with Crippen LogP contribution in [0.15, 0.2) is 24.3 Å². The van der Waals surface area contributed by atoms with E-state index in [9.17, 15) is 9.18 Å². The molecule has 1 aromatic heterocycles. The summed E-state index contributed by atoms with van der Waals surface area (Å²) in [7, 11) is 0. The van der Waals surface area contributed by atoms with Crippen LogP contribution >= 0.6 is 0 Å².